The van der Waals surface area contributed by atoms with Crippen molar-refractivity contribution < 1.29 is 4.74 Å². The van der Waals surface area contributed by atoms with Crippen LogP contribution in [-0.4, -0.2) is 25.3 Å². The van der Waals surface area contributed by atoms with Crippen molar-refractivity contribution in [1.29, 1.82) is 0 Å². The van der Waals surface area contributed by atoms with Crippen LogP contribution in [0.1, 0.15) is 65.2 Å². The molecule has 1 rings (SSSR count). The maximum atomic E-state index is 5.73. The summed E-state index contributed by atoms with van der Waals surface area (Å²) in [6, 6.07) is 0.689. The summed E-state index contributed by atoms with van der Waals surface area (Å²) in [5, 5.41) is 3.68. The lowest BCUT2D eigenvalue weighted by Gasteiger charge is -2.21. The van der Waals surface area contributed by atoms with E-state index in [2.05, 4.69) is 19.2 Å². The molecule has 1 heterocycles. The number of rotatable bonds is 9. The number of ether oxygens (including phenoxy) is 1. The normalized spacial score (nSPS) is 22.5. The van der Waals surface area contributed by atoms with Gasteiger partial charge in [-0.2, -0.15) is 0 Å². The van der Waals surface area contributed by atoms with Gasteiger partial charge >= 0.3 is 0 Å². The van der Waals surface area contributed by atoms with E-state index in [1.54, 1.807) is 0 Å². The van der Waals surface area contributed by atoms with Crippen LogP contribution >= 0.6 is 0 Å². The van der Waals surface area contributed by atoms with Crippen LogP contribution in [-0.2, 0) is 4.74 Å². The first kappa shape index (κ1) is 14.0. The minimum atomic E-state index is 0.538. The molecule has 2 unspecified atom stereocenters. The molecule has 1 aliphatic heterocycles. The summed E-state index contributed by atoms with van der Waals surface area (Å²) in [6.45, 7) is 6.65. The maximum absolute atomic E-state index is 5.73. The first-order valence-electron chi connectivity index (χ1n) is 7.21. The number of hydrogen-bond donors (Lipinski definition) is 1. The van der Waals surface area contributed by atoms with E-state index in [9.17, 15) is 0 Å². The van der Waals surface area contributed by atoms with Gasteiger partial charge in [0.25, 0.3) is 0 Å². The molecule has 2 heteroatoms. The minimum Gasteiger partial charge on any atom is -0.378 e. The zero-order chi connectivity index (χ0) is 11.6. The van der Waals surface area contributed by atoms with Gasteiger partial charge < -0.3 is 10.1 Å². The lowest BCUT2D eigenvalue weighted by molar-refractivity contribution is 0.0933. The van der Waals surface area contributed by atoms with E-state index in [0.717, 1.165) is 13.2 Å². The van der Waals surface area contributed by atoms with Crippen LogP contribution in [0, 0.1) is 0 Å². The molecule has 1 saturated heterocycles. The highest BCUT2D eigenvalue weighted by atomic mass is 16.5. The number of unbranched alkanes of at least 4 members (excludes halogenated alkanes) is 2. The Kier molecular flexibility index (Phi) is 7.87. The molecule has 0 saturated carbocycles. The van der Waals surface area contributed by atoms with Crippen LogP contribution in [0.15, 0.2) is 0 Å². The Morgan fingerprint density at radius 2 is 2.12 bits per heavy atom. The molecule has 0 bridgehead atoms. The summed E-state index contributed by atoms with van der Waals surface area (Å²) in [7, 11) is 0. The molecule has 1 aliphatic rings. The Morgan fingerprint density at radius 1 is 1.25 bits per heavy atom. The molecular formula is C14H29NO. The fourth-order valence-electron chi connectivity index (χ4n) is 2.44. The summed E-state index contributed by atoms with van der Waals surface area (Å²) in [5.41, 5.74) is 0. The van der Waals surface area contributed by atoms with Gasteiger partial charge in [0, 0.05) is 12.6 Å². The highest BCUT2D eigenvalue weighted by molar-refractivity contribution is 4.75. The van der Waals surface area contributed by atoms with Crippen LogP contribution < -0.4 is 5.32 Å². The van der Waals surface area contributed by atoms with Crippen LogP contribution in [0.2, 0.25) is 0 Å². The molecule has 2 atom stereocenters. The summed E-state index contributed by atoms with van der Waals surface area (Å²) in [5.74, 6) is 0. The van der Waals surface area contributed by atoms with Crippen LogP contribution in [0.3, 0.4) is 0 Å². The summed E-state index contributed by atoms with van der Waals surface area (Å²) < 4.78 is 5.73. The SMILES string of the molecule is CCCCCC(CC1CCCO1)NCCC. The minimum absolute atomic E-state index is 0.538. The largest absolute Gasteiger partial charge is 0.378 e. The Hall–Kier alpha value is -0.0800. The van der Waals surface area contributed by atoms with Crippen molar-refractivity contribution in [2.45, 2.75) is 77.4 Å². The van der Waals surface area contributed by atoms with Crippen LogP contribution in [0.4, 0.5) is 0 Å². The molecule has 1 N–H and O–H groups in total. The van der Waals surface area contributed by atoms with Crippen LogP contribution in [0.5, 0.6) is 0 Å². The van der Waals surface area contributed by atoms with E-state index in [4.69, 9.17) is 4.74 Å². The fourth-order valence-corrected chi connectivity index (χ4v) is 2.44. The van der Waals surface area contributed by atoms with Crippen molar-refractivity contribution in [3.63, 3.8) is 0 Å². The predicted molar refractivity (Wildman–Crippen MR) is 69.8 cm³/mol. The predicted octanol–water partition coefficient (Wildman–Crippen LogP) is 3.50. The van der Waals surface area contributed by atoms with E-state index in [1.165, 1.54) is 51.4 Å². The Balaban J connectivity index is 2.18. The standard InChI is InChI=1S/C14H29NO/c1-3-5-6-8-13(15-10-4-2)12-14-9-7-11-16-14/h13-15H,3-12H2,1-2H3. The Morgan fingerprint density at radius 3 is 2.75 bits per heavy atom. The molecule has 0 aromatic rings. The molecule has 0 radical (unpaired) electrons. The van der Waals surface area contributed by atoms with Gasteiger partial charge in [-0.05, 0) is 38.6 Å². The van der Waals surface area contributed by atoms with Gasteiger partial charge in [0.05, 0.1) is 6.10 Å². The molecule has 0 amide bonds. The fraction of sp³-hybridized carbons (Fsp3) is 1.00. The highest BCUT2D eigenvalue weighted by Crippen LogP contribution is 2.19. The molecule has 1 fully saturated rings. The van der Waals surface area contributed by atoms with E-state index in [-0.39, 0.29) is 0 Å². The quantitative estimate of drug-likeness (QED) is 0.609. The molecule has 0 aromatic heterocycles. The smallest absolute Gasteiger partial charge is 0.0590 e. The Bertz CT molecular complexity index is 155. The second-order valence-corrected chi connectivity index (χ2v) is 5.02. The third kappa shape index (κ3) is 5.86. The van der Waals surface area contributed by atoms with Crippen molar-refractivity contribution >= 4 is 0 Å². The van der Waals surface area contributed by atoms with Crippen LogP contribution in [0.25, 0.3) is 0 Å². The maximum Gasteiger partial charge on any atom is 0.0590 e. The summed E-state index contributed by atoms with van der Waals surface area (Å²) in [4.78, 5) is 0. The van der Waals surface area contributed by atoms with E-state index >= 15 is 0 Å². The van der Waals surface area contributed by atoms with Gasteiger partial charge in [0.1, 0.15) is 0 Å². The van der Waals surface area contributed by atoms with E-state index in [1.807, 2.05) is 0 Å². The molecule has 0 aliphatic carbocycles. The van der Waals surface area contributed by atoms with Crippen molar-refractivity contribution in [3.05, 3.63) is 0 Å². The highest BCUT2D eigenvalue weighted by Gasteiger charge is 2.19. The second kappa shape index (κ2) is 9.00. The van der Waals surface area contributed by atoms with Crippen molar-refractivity contribution in [1.82, 2.24) is 5.32 Å². The zero-order valence-corrected chi connectivity index (χ0v) is 11.1. The summed E-state index contributed by atoms with van der Waals surface area (Å²) in [6.07, 6.45) is 10.9. The number of hydrogen-bond acceptors (Lipinski definition) is 2. The monoisotopic (exact) mass is 227 g/mol. The average Bonchev–Trinajstić information content (AvgIpc) is 2.78. The molecular weight excluding hydrogens is 198 g/mol. The molecule has 2 nitrogen and oxygen atoms in total. The van der Waals surface area contributed by atoms with Crippen molar-refractivity contribution in [2.24, 2.45) is 0 Å². The molecule has 96 valence electrons. The lowest BCUT2D eigenvalue weighted by atomic mass is 10.0. The summed E-state index contributed by atoms with van der Waals surface area (Å²) >= 11 is 0. The number of nitrogens with one attached hydrogen (secondary N) is 1. The van der Waals surface area contributed by atoms with Gasteiger partial charge in [-0.25, -0.2) is 0 Å². The average molecular weight is 227 g/mol. The first-order valence-corrected chi connectivity index (χ1v) is 7.21. The van der Waals surface area contributed by atoms with E-state index in [0.29, 0.717) is 12.1 Å². The van der Waals surface area contributed by atoms with Gasteiger partial charge in [-0.1, -0.05) is 33.1 Å². The second-order valence-electron chi connectivity index (χ2n) is 5.02. The van der Waals surface area contributed by atoms with Crippen molar-refractivity contribution in [2.75, 3.05) is 13.2 Å². The molecule has 0 aromatic carbocycles. The lowest BCUT2D eigenvalue weighted by Crippen LogP contribution is -2.33. The topological polar surface area (TPSA) is 21.3 Å². The van der Waals surface area contributed by atoms with Gasteiger partial charge in [0.15, 0.2) is 0 Å². The van der Waals surface area contributed by atoms with E-state index < -0.39 is 0 Å². The van der Waals surface area contributed by atoms with Gasteiger partial charge in [-0.3, -0.25) is 0 Å². The zero-order valence-electron chi connectivity index (χ0n) is 11.1. The molecule has 16 heavy (non-hydrogen) atoms. The molecule has 0 spiro atoms. The third-order valence-electron chi connectivity index (χ3n) is 3.41. The first-order chi connectivity index (χ1) is 7.86. The third-order valence-corrected chi connectivity index (χ3v) is 3.41. The van der Waals surface area contributed by atoms with Gasteiger partial charge in [-0.15, -0.1) is 0 Å². The Labute approximate surface area is 101 Å². The van der Waals surface area contributed by atoms with Gasteiger partial charge in [0.2, 0.25) is 0 Å². The van der Waals surface area contributed by atoms with Crippen molar-refractivity contribution in [3.8, 4) is 0 Å².